The Morgan fingerprint density at radius 1 is 1.35 bits per heavy atom. The van der Waals surface area contributed by atoms with Gasteiger partial charge in [0.05, 0.1) is 17.1 Å². The van der Waals surface area contributed by atoms with E-state index in [9.17, 15) is 4.79 Å². The van der Waals surface area contributed by atoms with Gasteiger partial charge in [0.1, 0.15) is 5.01 Å². The number of piperidine rings is 1. The van der Waals surface area contributed by atoms with Crippen molar-refractivity contribution in [3.05, 3.63) is 39.3 Å². The molecule has 1 unspecified atom stereocenters. The average Bonchev–Trinajstić information content (AvgIpc) is 3.02. The minimum Gasteiger partial charge on any atom is -0.355 e. The molecule has 0 aliphatic carbocycles. The molecule has 144 valence electrons. The minimum absolute atomic E-state index is 0. The standard InChI is InChI=1S/C17H19Cl2N3OS.2ClH/c18-12-3-4-14(15(19)6-12)17-22-13(10-24-17)7-16(23)21-9-11-2-1-5-20-8-11;;/h3-4,6,10-11,20H,1-2,5,7-9H2,(H,21,23);2*1H. The van der Waals surface area contributed by atoms with Crippen molar-refractivity contribution < 1.29 is 4.79 Å². The third-order valence-corrected chi connectivity index (χ3v) is 5.51. The van der Waals surface area contributed by atoms with Crippen molar-refractivity contribution in [2.75, 3.05) is 19.6 Å². The van der Waals surface area contributed by atoms with Crippen LogP contribution < -0.4 is 10.6 Å². The zero-order valence-corrected chi connectivity index (χ0v) is 17.9. The molecular formula is C17H21Cl4N3OS. The zero-order valence-electron chi connectivity index (χ0n) is 14.0. The smallest absolute Gasteiger partial charge is 0.226 e. The van der Waals surface area contributed by atoms with Crippen molar-refractivity contribution >= 4 is 65.3 Å². The monoisotopic (exact) mass is 455 g/mol. The predicted octanol–water partition coefficient (Wildman–Crippen LogP) is 4.62. The highest BCUT2D eigenvalue weighted by Gasteiger charge is 2.15. The predicted molar refractivity (Wildman–Crippen MR) is 114 cm³/mol. The highest BCUT2D eigenvalue weighted by molar-refractivity contribution is 7.13. The van der Waals surface area contributed by atoms with Gasteiger partial charge in [0, 0.05) is 22.5 Å². The molecule has 2 aromatic rings. The number of hydrogen-bond acceptors (Lipinski definition) is 4. The number of amides is 1. The van der Waals surface area contributed by atoms with Crippen LogP contribution in [0.25, 0.3) is 10.6 Å². The number of aromatic nitrogens is 1. The summed E-state index contributed by atoms with van der Waals surface area (Å²) in [5.41, 5.74) is 1.60. The van der Waals surface area contributed by atoms with E-state index in [1.807, 2.05) is 11.4 Å². The molecular weight excluding hydrogens is 436 g/mol. The van der Waals surface area contributed by atoms with E-state index in [0.717, 1.165) is 35.9 Å². The molecule has 9 heteroatoms. The number of benzene rings is 1. The highest BCUT2D eigenvalue weighted by Crippen LogP contribution is 2.32. The SMILES string of the molecule is Cl.Cl.O=C(Cc1csc(-c2ccc(Cl)cc2Cl)n1)NCC1CCCNC1. The molecule has 1 atom stereocenters. The molecule has 1 aliphatic rings. The molecule has 1 amide bonds. The van der Waals surface area contributed by atoms with Gasteiger partial charge in [-0.25, -0.2) is 4.98 Å². The molecule has 1 aromatic heterocycles. The largest absolute Gasteiger partial charge is 0.355 e. The van der Waals surface area contributed by atoms with Crippen molar-refractivity contribution in [1.82, 2.24) is 15.6 Å². The second-order valence-electron chi connectivity index (χ2n) is 5.96. The van der Waals surface area contributed by atoms with E-state index in [1.165, 1.54) is 24.2 Å². The lowest BCUT2D eigenvalue weighted by molar-refractivity contribution is -0.120. The first-order chi connectivity index (χ1) is 11.6. The van der Waals surface area contributed by atoms with Gasteiger partial charge in [-0.15, -0.1) is 36.2 Å². The summed E-state index contributed by atoms with van der Waals surface area (Å²) >= 11 is 13.6. The lowest BCUT2D eigenvalue weighted by Gasteiger charge is -2.22. The Morgan fingerprint density at radius 2 is 2.15 bits per heavy atom. The summed E-state index contributed by atoms with van der Waals surface area (Å²) in [4.78, 5) is 16.6. The molecule has 0 bridgehead atoms. The molecule has 1 saturated heterocycles. The van der Waals surface area contributed by atoms with Crippen molar-refractivity contribution in [2.24, 2.45) is 5.92 Å². The van der Waals surface area contributed by atoms with E-state index in [-0.39, 0.29) is 30.7 Å². The van der Waals surface area contributed by atoms with Crippen LogP contribution in [0.3, 0.4) is 0 Å². The minimum atomic E-state index is 0. The van der Waals surface area contributed by atoms with Crippen LogP contribution in [-0.2, 0) is 11.2 Å². The summed E-state index contributed by atoms with van der Waals surface area (Å²) in [6, 6.07) is 5.34. The van der Waals surface area contributed by atoms with Gasteiger partial charge >= 0.3 is 0 Å². The Kier molecular flexibility index (Phi) is 10.2. The quantitative estimate of drug-likeness (QED) is 0.690. The fourth-order valence-electron chi connectivity index (χ4n) is 2.76. The molecule has 3 rings (SSSR count). The fourth-order valence-corrected chi connectivity index (χ4v) is 4.17. The zero-order chi connectivity index (χ0) is 16.9. The maximum Gasteiger partial charge on any atom is 0.226 e. The number of carbonyl (C=O) groups is 1. The number of nitrogens with zero attached hydrogens (tertiary/aromatic N) is 1. The summed E-state index contributed by atoms with van der Waals surface area (Å²) in [5.74, 6) is 0.543. The summed E-state index contributed by atoms with van der Waals surface area (Å²) in [6.45, 7) is 2.79. The van der Waals surface area contributed by atoms with Crippen molar-refractivity contribution in [1.29, 1.82) is 0 Å². The van der Waals surface area contributed by atoms with Crippen molar-refractivity contribution in [2.45, 2.75) is 19.3 Å². The summed E-state index contributed by atoms with van der Waals surface area (Å²) in [5, 5.41) is 10.2. The second-order valence-corrected chi connectivity index (χ2v) is 7.66. The maximum absolute atomic E-state index is 12.1. The molecule has 0 saturated carbocycles. The first-order valence-electron chi connectivity index (χ1n) is 7.99. The van der Waals surface area contributed by atoms with Crippen LogP contribution in [0.5, 0.6) is 0 Å². The lowest BCUT2D eigenvalue weighted by atomic mass is 10.00. The van der Waals surface area contributed by atoms with Crippen molar-refractivity contribution in [3.63, 3.8) is 0 Å². The summed E-state index contributed by atoms with van der Waals surface area (Å²) in [6.07, 6.45) is 2.64. The van der Waals surface area contributed by atoms with Crippen LogP contribution in [0.2, 0.25) is 10.0 Å². The number of nitrogens with one attached hydrogen (secondary N) is 2. The van der Waals surface area contributed by atoms with Crippen molar-refractivity contribution in [3.8, 4) is 10.6 Å². The van der Waals surface area contributed by atoms with Gasteiger partial charge in [0.2, 0.25) is 5.91 Å². The summed E-state index contributed by atoms with van der Waals surface area (Å²) < 4.78 is 0. The first-order valence-corrected chi connectivity index (χ1v) is 9.62. The van der Waals surface area contributed by atoms with E-state index >= 15 is 0 Å². The second kappa shape index (κ2) is 11.3. The number of halogens is 4. The van der Waals surface area contributed by atoms with E-state index in [2.05, 4.69) is 15.6 Å². The molecule has 2 N–H and O–H groups in total. The molecule has 1 fully saturated rings. The number of carbonyl (C=O) groups excluding carboxylic acids is 1. The highest BCUT2D eigenvalue weighted by atomic mass is 35.5. The van der Waals surface area contributed by atoms with Crippen LogP contribution in [0.4, 0.5) is 0 Å². The molecule has 0 radical (unpaired) electrons. The Labute approximate surface area is 179 Å². The molecule has 1 aromatic carbocycles. The van der Waals surface area contributed by atoms with Gasteiger partial charge in [-0.3, -0.25) is 4.79 Å². The average molecular weight is 457 g/mol. The van der Waals surface area contributed by atoms with Crippen LogP contribution in [0.1, 0.15) is 18.5 Å². The van der Waals surface area contributed by atoms with E-state index in [0.29, 0.717) is 22.4 Å². The van der Waals surface area contributed by atoms with Gasteiger partial charge in [-0.05, 0) is 50.0 Å². The molecule has 26 heavy (non-hydrogen) atoms. The molecule has 4 nitrogen and oxygen atoms in total. The van der Waals surface area contributed by atoms with Crippen LogP contribution >= 0.6 is 59.4 Å². The number of rotatable bonds is 5. The number of hydrogen-bond donors (Lipinski definition) is 2. The van der Waals surface area contributed by atoms with E-state index in [1.54, 1.807) is 12.1 Å². The fraction of sp³-hybridized carbons (Fsp3) is 0.412. The van der Waals surface area contributed by atoms with Crippen LogP contribution in [0, 0.1) is 5.92 Å². The lowest BCUT2D eigenvalue weighted by Crippen LogP contribution is -2.38. The van der Waals surface area contributed by atoms with E-state index in [4.69, 9.17) is 23.2 Å². The van der Waals surface area contributed by atoms with Crippen LogP contribution in [0.15, 0.2) is 23.6 Å². The summed E-state index contributed by atoms with van der Waals surface area (Å²) in [7, 11) is 0. The van der Waals surface area contributed by atoms with Crippen LogP contribution in [-0.4, -0.2) is 30.5 Å². The van der Waals surface area contributed by atoms with Gasteiger partial charge in [0.15, 0.2) is 0 Å². The van der Waals surface area contributed by atoms with Gasteiger partial charge in [-0.1, -0.05) is 23.2 Å². The molecule has 1 aliphatic heterocycles. The van der Waals surface area contributed by atoms with Gasteiger partial charge in [-0.2, -0.15) is 0 Å². The molecule has 2 heterocycles. The third kappa shape index (κ3) is 6.55. The topological polar surface area (TPSA) is 54.0 Å². The molecule has 0 spiro atoms. The maximum atomic E-state index is 12.1. The normalized spacial score (nSPS) is 16.3. The Bertz CT molecular complexity index is 720. The van der Waals surface area contributed by atoms with Gasteiger partial charge < -0.3 is 10.6 Å². The van der Waals surface area contributed by atoms with Gasteiger partial charge in [0.25, 0.3) is 0 Å². The third-order valence-electron chi connectivity index (χ3n) is 4.04. The first kappa shape index (κ1) is 23.5. The Morgan fingerprint density at radius 3 is 2.85 bits per heavy atom. The number of thiazole rings is 1. The Hall–Kier alpha value is -0.560. The Balaban J connectivity index is 0.00000169. The van der Waals surface area contributed by atoms with E-state index < -0.39 is 0 Å².